The van der Waals surface area contributed by atoms with E-state index >= 15 is 0 Å². The Labute approximate surface area is 358 Å². The van der Waals surface area contributed by atoms with E-state index < -0.39 is 68.5 Å². The number of carbonyl (C=O) groups is 4. The molecule has 5 heterocycles. The number of amides is 4. The Morgan fingerprint density at radius 2 is 1.77 bits per heavy atom. The summed E-state index contributed by atoms with van der Waals surface area (Å²) in [5.74, 6) is -2.68. The van der Waals surface area contributed by atoms with Gasteiger partial charge in [0.1, 0.15) is 34.8 Å². The zero-order valence-electron chi connectivity index (χ0n) is 34.8. The van der Waals surface area contributed by atoms with Crippen molar-refractivity contribution in [3.63, 3.8) is 0 Å². The first-order valence-electron chi connectivity index (χ1n) is 21.2. The van der Waals surface area contributed by atoms with Gasteiger partial charge in [-0.1, -0.05) is 87.3 Å². The highest BCUT2D eigenvalue weighted by molar-refractivity contribution is 7.91. The third-order valence-electron chi connectivity index (χ3n) is 12.3. The van der Waals surface area contributed by atoms with E-state index in [1.165, 1.54) is 17.2 Å². The van der Waals surface area contributed by atoms with Crippen molar-refractivity contribution < 1.29 is 41.3 Å². The summed E-state index contributed by atoms with van der Waals surface area (Å²) in [5, 5.41) is 9.42. The Morgan fingerprint density at radius 3 is 2.52 bits per heavy atom. The highest BCUT2D eigenvalue weighted by Gasteiger charge is 2.62. The summed E-state index contributed by atoms with van der Waals surface area (Å²) in [6.45, 7) is 6.31. The molecule has 3 N–H and O–H groups in total. The minimum Gasteiger partial charge on any atom is -0.470 e. The zero-order valence-corrected chi connectivity index (χ0v) is 35.6. The van der Waals surface area contributed by atoms with Crippen LogP contribution in [0.5, 0.6) is 5.88 Å². The van der Waals surface area contributed by atoms with Gasteiger partial charge >= 0.3 is 0 Å². The van der Waals surface area contributed by atoms with Crippen molar-refractivity contribution in [1.82, 2.24) is 35.4 Å². The summed E-state index contributed by atoms with van der Waals surface area (Å²) in [7, 11) is -3.93. The maximum absolute atomic E-state index is 14.8. The molecule has 0 spiro atoms. The highest BCUT2D eigenvalue weighted by Crippen LogP contribution is 2.46. The van der Waals surface area contributed by atoms with Crippen molar-refractivity contribution in [1.29, 1.82) is 0 Å². The topological polar surface area (TPSA) is 216 Å². The second kappa shape index (κ2) is 16.0. The summed E-state index contributed by atoms with van der Waals surface area (Å²) in [6.07, 6.45) is 8.40. The van der Waals surface area contributed by atoms with E-state index in [1.807, 2.05) is 60.7 Å². The standard InChI is InChI=1S/C45H49N7O9S/c1-44(2,3)27-17-15-26(16-18-27)38-48-36-31-12-9-10-14-34(31)60-37(36)41(49-38)59-29-23-33-39(53)50-45(43(56)51-62(57,58)30-19-20-30)24-28(45)11-7-5-4-6-8-13-32(42(55)52(33)25-29)47-40(54)35-21-22-46-61-35/h7,9-12,14-18,21-22,28-30,32-33H,4-6,8,13,19-20,23-25H2,1-3H3,(H,47,54)(H,50,53)(H,51,56)/t28-,29-,32+,33+,45-/m1/s1. The summed E-state index contributed by atoms with van der Waals surface area (Å²) in [4.78, 5) is 67.8. The van der Waals surface area contributed by atoms with Crippen molar-refractivity contribution >= 4 is 55.7 Å². The van der Waals surface area contributed by atoms with E-state index in [1.54, 1.807) is 0 Å². The first kappa shape index (κ1) is 41.3. The van der Waals surface area contributed by atoms with Gasteiger partial charge in [-0.15, -0.1) is 0 Å². The SMILES string of the molecule is CC(C)(C)c1ccc(-c2nc(O[C@@H]3C[C@H]4C(=O)N[C@]5(C(=O)NS(=O)(=O)C6CC6)C[C@H]5C=CCCCCC[C@H](NC(=O)c5ccno5)C(=O)N4C3)c3oc4ccccc4c3n2)cc1. The number of fused-ring (bicyclic) bond motifs is 5. The van der Waals surface area contributed by atoms with E-state index in [0.717, 1.165) is 29.4 Å². The van der Waals surface area contributed by atoms with Gasteiger partial charge in [0.05, 0.1) is 18.0 Å². The summed E-state index contributed by atoms with van der Waals surface area (Å²) < 4.78 is 46.2. The lowest BCUT2D eigenvalue weighted by Crippen LogP contribution is -2.58. The number of nitrogens with zero attached hydrogens (tertiary/aromatic N) is 4. The van der Waals surface area contributed by atoms with Gasteiger partial charge in [-0.2, -0.15) is 4.98 Å². The molecule has 17 heteroatoms. The van der Waals surface area contributed by atoms with Crippen LogP contribution < -0.4 is 20.1 Å². The van der Waals surface area contributed by atoms with Crippen LogP contribution in [0, 0.1) is 5.92 Å². The molecule has 3 aromatic heterocycles. The average Bonchev–Trinajstić information content (AvgIpc) is 4.03. The smallest absolute Gasteiger partial charge is 0.290 e. The van der Waals surface area contributed by atoms with Gasteiger partial charge in [-0.25, -0.2) is 13.4 Å². The normalized spacial score (nSPS) is 24.7. The van der Waals surface area contributed by atoms with E-state index in [-0.39, 0.29) is 42.9 Å². The first-order chi connectivity index (χ1) is 29.7. The monoisotopic (exact) mass is 863 g/mol. The molecule has 5 aromatic rings. The van der Waals surface area contributed by atoms with E-state index in [2.05, 4.69) is 41.3 Å². The molecule has 0 bridgehead atoms. The number of para-hydroxylation sites is 1. The lowest BCUT2D eigenvalue weighted by atomic mass is 9.87. The molecule has 2 aliphatic carbocycles. The first-order valence-corrected chi connectivity index (χ1v) is 22.8. The lowest BCUT2D eigenvalue weighted by molar-refractivity contribution is -0.141. The fraction of sp³-hybridized carbons (Fsp3) is 0.444. The lowest BCUT2D eigenvalue weighted by Gasteiger charge is -2.29. The molecule has 2 aromatic carbocycles. The number of furan rings is 1. The summed E-state index contributed by atoms with van der Waals surface area (Å²) in [5.41, 5.74) is 1.65. The summed E-state index contributed by atoms with van der Waals surface area (Å²) in [6, 6.07) is 14.6. The molecule has 4 amide bonds. The van der Waals surface area contributed by atoms with Gasteiger partial charge in [0.25, 0.3) is 17.7 Å². The Bertz CT molecular complexity index is 2690. The van der Waals surface area contributed by atoms with Crippen molar-refractivity contribution in [2.45, 2.75) is 113 Å². The second-order valence-corrected chi connectivity index (χ2v) is 19.8. The fourth-order valence-corrected chi connectivity index (χ4v) is 9.83. The van der Waals surface area contributed by atoms with Gasteiger partial charge in [0.2, 0.25) is 33.2 Å². The molecule has 3 fully saturated rings. The number of nitrogens with one attached hydrogen (secondary N) is 3. The van der Waals surface area contributed by atoms with E-state index in [4.69, 9.17) is 23.6 Å². The number of sulfonamides is 1. The zero-order chi connectivity index (χ0) is 43.4. The maximum atomic E-state index is 14.8. The number of carbonyl (C=O) groups excluding carboxylic acids is 4. The van der Waals surface area contributed by atoms with Gasteiger partial charge in [0, 0.05) is 29.4 Å². The van der Waals surface area contributed by atoms with Crippen LogP contribution in [0.15, 0.2) is 81.9 Å². The minimum absolute atomic E-state index is 0.0275. The van der Waals surface area contributed by atoms with Crippen LogP contribution in [0.4, 0.5) is 0 Å². The van der Waals surface area contributed by atoms with Crippen LogP contribution in [0.1, 0.15) is 94.7 Å². The largest absolute Gasteiger partial charge is 0.470 e. The van der Waals surface area contributed by atoms with Gasteiger partial charge in [0.15, 0.2) is 5.82 Å². The number of benzene rings is 2. The number of allylic oxidation sites excluding steroid dienone is 1. The van der Waals surface area contributed by atoms with Crippen LogP contribution in [-0.2, 0) is 29.8 Å². The van der Waals surface area contributed by atoms with Gasteiger partial charge < -0.3 is 29.2 Å². The number of ether oxygens (including phenoxy) is 1. The van der Waals surface area contributed by atoms with Crippen LogP contribution in [-0.4, -0.2) is 87.6 Å². The van der Waals surface area contributed by atoms with Gasteiger partial charge in [-0.05, 0) is 61.6 Å². The van der Waals surface area contributed by atoms with Gasteiger partial charge in [-0.3, -0.25) is 23.9 Å². The molecule has 5 atom stereocenters. The molecule has 1 saturated heterocycles. The number of hydrogen-bond acceptors (Lipinski definition) is 12. The van der Waals surface area contributed by atoms with Crippen LogP contribution in [0.2, 0.25) is 0 Å². The Morgan fingerprint density at radius 1 is 0.984 bits per heavy atom. The Balaban J connectivity index is 1.07. The second-order valence-electron chi connectivity index (χ2n) is 17.9. The average molecular weight is 864 g/mol. The molecular weight excluding hydrogens is 815 g/mol. The predicted octanol–water partition coefficient (Wildman–Crippen LogP) is 5.48. The third kappa shape index (κ3) is 8.17. The van der Waals surface area contributed by atoms with Crippen molar-refractivity contribution in [3.05, 3.63) is 84.3 Å². The maximum Gasteiger partial charge on any atom is 0.290 e. The number of hydrogen-bond donors (Lipinski definition) is 3. The number of rotatable bonds is 8. The summed E-state index contributed by atoms with van der Waals surface area (Å²) >= 11 is 0. The molecule has 2 aliphatic heterocycles. The van der Waals surface area contributed by atoms with Crippen LogP contribution >= 0.6 is 0 Å². The number of aromatic nitrogens is 3. The molecule has 324 valence electrons. The van der Waals surface area contributed by atoms with E-state index in [0.29, 0.717) is 48.2 Å². The van der Waals surface area contributed by atoms with Crippen molar-refractivity contribution in [3.8, 4) is 17.3 Å². The van der Waals surface area contributed by atoms with Crippen molar-refractivity contribution in [2.75, 3.05) is 6.54 Å². The highest BCUT2D eigenvalue weighted by atomic mass is 32.2. The molecule has 16 nitrogen and oxygen atoms in total. The Kier molecular flexibility index (Phi) is 10.6. The molecule has 0 radical (unpaired) electrons. The van der Waals surface area contributed by atoms with Crippen molar-refractivity contribution in [2.24, 2.45) is 5.92 Å². The molecule has 0 unspecified atom stereocenters. The predicted molar refractivity (Wildman–Crippen MR) is 227 cm³/mol. The third-order valence-corrected chi connectivity index (χ3v) is 14.1. The molecule has 2 saturated carbocycles. The minimum atomic E-state index is -3.93. The van der Waals surface area contributed by atoms with Crippen LogP contribution in [0.3, 0.4) is 0 Å². The molecule has 62 heavy (non-hydrogen) atoms. The van der Waals surface area contributed by atoms with Crippen LogP contribution in [0.25, 0.3) is 33.5 Å². The molecule has 4 aliphatic rings. The molecular formula is C45H49N7O9S. The fourth-order valence-electron chi connectivity index (χ4n) is 8.46. The molecule has 9 rings (SSSR count). The Hall–Kier alpha value is -6.10. The van der Waals surface area contributed by atoms with E-state index in [9.17, 15) is 27.6 Å². The quantitative estimate of drug-likeness (QED) is 0.165.